The van der Waals surface area contributed by atoms with Gasteiger partial charge < -0.3 is 9.63 Å². The lowest BCUT2D eigenvalue weighted by atomic mass is 10.0. The van der Waals surface area contributed by atoms with Gasteiger partial charge in [-0.3, -0.25) is 9.58 Å². The summed E-state index contributed by atoms with van der Waals surface area (Å²) in [6.45, 7) is 5.56. The van der Waals surface area contributed by atoms with Crippen LogP contribution in [0, 0.1) is 0 Å². The highest BCUT2D eigenvalue weighted by Crippen LogP contribution is 2.30. The van der Waals surface area contributed by atoms with Gasteiger partial charge in [-0.15, -0.1) is 0 Å². The van der Waals surface area contributed by atoms with Crippen LogP contribution >= 0.6 is 0 Å². The predicted molar refractivity (Wildman–Crippen MR) is 90.2 cm³/mol. The lowest BCUT2D eigenvalue weighted by Gasteiger charge is -2.30. The van der Waals surface area contributed by atoms with E-state index < -0.39 is 5.60 Å². The summed E-state index contributed by atoms with van der Waals surface area (Å²) >= 11 is 0. The minimum Gasteiger partial charge on any atom is -0.390 e. The van der Waals surface area contributed by atoms with Gasteiger partial charge in [0, 0.05) is 19.8 Å². The average Bonchev–Trinajstić information content (AvgIpc) is 3.09. The maximum absolute atomic E-state index is 10.0. The van der Waals surface area contributed by atoms with Crippen molar-refractivity contribution in [3.05, 3.63) is 18.2 Å². The van der Waals surface area contributed by atoms with E-state index in [2.05, 4.69) is 20.1 Å². The maximum atomic E-state index is 10.0. The highest BCUT2D eigenvalue weighted by atomic mass is 16.5. The van der Waals surface area contributed by atoms with Crippen LogP contribution in [0.4, 0.5) is 0 Å². The zero-order valence-electron chi connectivity index (χ0n) is 14.8. The molecule has 3 heterocycles. The Hall–Kier alpha value is -1.73. The maximum Gasteiger partial charge on any atom is 0.261 e. The van der Waals surface area contributed by atoms with E-state index in [0.717, 1.165) is 37.3 Å². The van der Waals surface area contributed by atoms with E-state index in [-0.39, 0.29) is 6.04 Å². The fourth-order valence-corrected chi connectivity index (χ4v) is 3.16. The number of aromatic nitrogens is 4. The Balaban J connectivity index is 1.77. The van der Waals surface area contributed by atoms with E-state index in [4.69, 9.17) is 4.52 Å². The van der Waals surface area contributed by atoms with Gasteiger partial charge >= 0.3 is 0 Å². The van der Waals surface area contributed by atoms with Crippen molar-refractivity contribution in [3.8, 4) is 11.5 Å². The van der Waals surface area contributed by atoms with Gasteiger partial charge in [0.2, 0.25) is 0 Å². The average molecular weight is 333 g/mol. The third kappa shape index (κ3) is 4.21. The first-order valence-corrected chi connectivity index (χ1v) is 8.71. The molecule has 1 aliphatic rings. The Bertz CT molecular complexity index is 658. The summed E-state index contributed by atoms with van der Waals surface area (Å²) in [5, 5.41) is 18.4. The highest BCUT2D eigenvalue weighted by molar-refractivity contribution is 5.49. The van der Waals surface area contributed by atoms with Gasteiger partial charge in [0.15, 0.2) is 5.82 Å². The van der Waals surface area contributed by atoms with Gasteiger partial charge in [-0.2, -0.15) is 10.1 Å². The van der Waals surface area contributed by atoms with Crippen LogP contribution in [-0.2, 0) is 7.05 Å². The van der Waals surface area contributed by atoms with Crippen LogP contribution in [0.5, 0.6) is 0 Å². The third-order valence-electron chi connectivity index (χ3n) is 4.57. The Labute approximate surface area is 142 Å². The fourth-order valence-electron chi connectivity index (χ4n) is 3.16. The molecule has 132 valence electrons. The van der Waals surface area contributed by atoms with Gasteiger partial charge in [0.1, 0.15) is 0 Å². The molecule has 1 aliphatic heterocycles. The zero-order chi connectivity index (χ0) is 17.2. The SMILES string of the molecule is Cn1cc(-c2nc([C@H]3CCCCCN3CCC(C)(C)O)no2)cn1. The second-order valence-electron chi connectivity index (χ2n) is 7.32. The van der Waals surface area contributed by atoms with Crippen molar-refractivity contribution in [2.45, 2.75) is 57.6 Å². The van der Waals surface area contributed by atoms with Crippen molar-refractivity contribution in [2.75, 3.05) is 13.1 Å². The first-order valence-electron chi connectivity index (χ1n) is 8.71. The summed E-state index contributed by atoms with van der Waals surface area (Å²) < 4.78 is 7.18. The van der Waals surface area contributed by atoms with Crippen molar-refractivity contribution in [3.63, 3.8) is 0 Å². The lowest BCUT2D eigenvalue weighted by molar-refractivity contribution is 0.0499. The standard InChI is InChI=1S/C17H27N5O2/c1-17(2,23)8-10-22-9-6-4-5-7-14(22)15-19-16(24-20-15)13-11-18-21(3)12-13/h11-12,14,23H,4-10H2,1-3H3/t14-/m1/s1. The second-order valence-corrected chi connectivity index (χ2v) is 7.32. The summed E-state index contributed by atoms with van der Waals surface area (Å²) in [7, 11) is 1.87. The fraction of sp³-hybridized carbons (Fsp3) is 0.706. The zero-order valence-corrected chi connectivity index (χ0v) is 14.8. The normalized spacial score (nSPS) is 20.2. The largest absolute Gasteiger partial charge is 0.390 e. The summed E-state index contributed by atoms with van der Waals surface area (Å²) in [4.78, 5) is 7.01. The predicted octanol–water partition coefficient (Wildman–Crippen LogP) is 2.55. The summed E-state index contributed by atoms with van der Waals surface area (Å²) in [6.07, 6.45) is 8.93. The van der Waals surface area contributed by atoms with Crippen LogP contribution in [-0.4, -0.2) is 48.6 Å². The molecule has 0 bridgehead atoms. The molecule has 1 saturated heterocycles. The summed E-state index contributed by atoms with van der Waals surface area (Å²) in [5.41, 5.74) is 0.183. The van der Waals surface area contributed by atoms with Crippen LogP contribution in [0.1, 0.15) is 57.8 Å². The summed E-state index contributed by atoms with van der Waals surface area (Å²) in [5.74, 6) is 1.26. The molecule has 0 unspecified atom stereocenters. The van der Waals surface area contributed by atoms with E-state index in [0.29, 0.717) is 5.89 Å². The van der Waals surface area contributed by atoms with E-state index in [1.165, 1.54) is 19.3 Å². The van der Waals surface area contributed by atoms with Crippen molar-refractivity contribution in [1.82, 2.24) is 24.8 Å². The Kier molecular flexibility index (Phi) is 5.01. The number of rotatable bonds is 5. The number of nitrogens with zero attached hydrogens (tertiary/aromatic N) is 5. The number of aryl methyl sites for hydroxylation is 1. The van der Waals surface area contributed by atoms with Crippen molar-refractivity contribution < 1.29 is 9.63 Å². The molecule has 1 fully saturated rings. The molecular formula is C17H27N5O2. The molecule has 1 atom stereocenters. The molecule has 0 saturated carbocycles. The number of hydrogen-bond acceptors (Lipinski definition) is 6. The summed E-state index contributed by atoms with van der Waals surface area (Å²) in [6, 6.07) is 0.157. The molecule has 0 aromatic carbocycles. The molecule has 24 heavy (non-hydrogen) atoms. The van der Waals surface area contributed by atoms with E-state index in [1.807, 2.05) is 27.1 Å². The molecule has 0 spiro atoms. The van der Waals surface area contributed by atoms with Gasteiger partial charge in [-0.1, -0.05) is 18.0 Å². The van der Waals surface area contributed by atoms with E-state index in [1.54, 1.807) is 10.9 Å². The topological polar surface area (TPSA) is 80.2 Å². The minimum absolute atomic E-state index is 0.157. The molecule has 3 rings (SSSR count). The molecule has 2 aromatic heterocycles. The minimum atomic E-state index is -0.658. The smallest absolute Gasteiger partial charge is 0.261 e. The third-order valence-corrected chi connectivity index (χ3v) is 4.57. The van der Waals surface area contributed by atoms with Crippen LogP contribution in [0.3, 0.4) is 0 Å². The second kappa shape index (κ2) is 7.03. The molecule has 7 heteroatoms. The monoisotopic (exact) mass is 333 g/mol. The lowest BCUT2D eigenvalue weighted by Crippen LogP contribution is -2.34. The first-order chi connectivity index (χ1) is 11.4. The first kappa shape index (κ1) is 17.1. The molecular weight excluding hydrogens is 306 g/mol. The number of hydrogen-bond donors (Lipinski definition) is 1. The van der Waals surface area contributed by atoms with Gasteiger partial charge in [-0.05, 0) is 39.7 Å². The quantitative estimate of drug-likeness (QED) is 0.906. The van der Waals surface area contributed by atoms with Crippen LogP contribution < -0.4 is 0 Å². The molecule has 0 radical (unpaired) electrons. The Morgan fingerprint density at radius 2 is 2.17 bits per heavy atom. The van der Waals surface area contributed by atoms with Crippen LogP contribution in [0.15, 0.2) is 16.9 Å². The number of aliphatic hydroxyl groups is 1. The molecule has 1 N–H and O–H groups in total. The molecule has 2 aromatic rings. The van der Waals surface area contributed by atoms with E-state index in [9.17, 15) is 5.11 Å². The van der Waals surface area contributed by atoms with Crippen molar-refractivity contribution in [2.24, 2.45) is 7.05 Å². The molecule has 0 amide bonds. The van der Waals surface area contributed by atoms with Crippen molar-refractivity contribution >= 4 is 0 Å². The molecule has 7 nitrogen and oxygen atoms in total. The molecule has 0 aliphatic carbocycles. The van der Waals surface area contributed by atoms with Gasteiger partial charge in [0.25, 0.3) is 5.89 Å². The number of likely N-dealkylation sites (tertiary alicyclic amines) is 1. The van der Waals surface area contributed by atoms with Crippen molar-refractivity contribution in [1.29, 1.82) is 0 Å². The highest BCUT2D eigenvalue weighted by Gasteiger charge is 2.28. The van der Waals surface area contributed by atoms with Crippen LogP contribution in [0.2, 0.25) is 0 Å². The van der Waals surface area contributed by atoms with Crippen LogP contribution in [0.25, 0.3) is 11.5 Å². The Morgan fingerprint density at radius 3 is 2.88 bits per heavy atom. The van der Waals surface area contributed by atoms with Gasteiger partial charge in [-0.25, -0.2) is 0 Å². The Morgan fingerprint density at radius 1 is 1.33 bits per heavy atom. The van der Waals surface area contributed by atoms with E-state index >= 15 is 0 Å². The van der Waals surface area contributed by atoms with Gasteiger partial charge in [0.05, 0.1) is 23.4 Å².